The van der Waals surface area contributed by atoms with E-state index in [0.717, 1.165) is 11.3 Å². The molecule has 0 aromatic heterocycles. The number of rotatable bonds is 2. The lowest BCUT2D eigenvalue weighted by Gasteiger charge is -2.17. The number of halogens is 1. The lowest BCUT2D eigenvalue weighted by Crippen LogP contribution is -2.37. The zero-order valence-corrected chi connectivity index (χ0v) is 11.2. The molecule has 1 aromatic carbocycles. The van der Waals surface area contributed by atoms with Crippen molar-refractivity contribution in [2.24, 2.45) is 5.16 Å². The van der Waals surface area contributed by atoms with Crippen LogP contribution in [-0.4, -0.2) is 22.8 Å². The summed E-state index contributed by atoms with van der Waals surface area (Å²) in [6.07, 6.45) is 0.456. The van der Waals surface area contributed by atoms with Gasteiger partial charge in [0.2, 0.25) is 6.79 Å². The second-order valence-electron chi connectivity index (χ2n) is 4.22. The molecule has 2 aliphatic heterocycles. The molecule has 6 heteroatoms. The van der Waals surface area contributed by atoms with Crippen molar-refractivity contribution < 1.29 is 19.1 Å². The molecular formula is C12H10BrNO4. The average Bonchev–Trinajstić information content (AvgIpc) is 2.90. The van der Waals surface area contributed by atoms with Crippen molar-refractivity contribution in [1.82, 2.24) is 0 Å². The SMILES string of the molecule is CC1=NOC(=O)C1(Br)Cc1ccc2c(c1)OCO2. The van der Waals surface area contributed by atoms with E-state index in [4.69, 9.17) is 14.3 Å². The zero-order chi connectivity index (χ0) is 12.8. The van der Waals surface area contributed by atoms with Crippen LogP contribution in [0.15, 0.2) is 23.4 Å². The fraction of sp³-hybridized carbons (Fsp3) is 0.333. The van der Waals surface area contributed by atoms with Crippen molar-refractivity contribution in [2.75, 3.05) is 6.79 Å². The van der Waals surface area contributed by atoms with Crippen LogP contribution < -0.4 is 9.47 Å². The fourth-order valence-electron chi connectivity index (χ4n) is 1.93. The van der Waals surface area contributed by atoms with Gasteiger partial charge in [-0.25, -0.2) is 4.79 Å². The first-order valence-electron chi connectivity index (χ1n) is 5.43. The third-order valence-corrected chi connectivity index (χ3v) is 4.23. The molecule has 2 heterocycles. The number of carbonyl (C=O) groups is 1. The Balaban J connectivity index is 1.89. The van der Waals surface area contributed by atoms with E-state index in [1.54, 1.807) is 6.92 Å². The maximum atomic E-state index is 11.7. The summed E-state index contributed by atoms with van der Waals surface area (Å²) < 4.78 is 9.67. The van der Waals surface area contributed by atoms with Gasteiger partial charge in [0.15, 0.2) is 15.8 Å². The molecule has 18 heavy (non-hydrogen) atoms. The van der Waals surface area contributed by atoms with Crippen molar-refractivity contribution in [3.63, 3.8) is 0 Å². The Labute approximate surface area is 112 Å². The summed E-state index contributed by atoms with van der Waals surface area (Å²) in [5.41, 5.74) is 1.56. The second-order valence-corrected chi connectivity index (χ2v) is 5.57. The summed E-state index contributed by atoms with van der Waals surface area (Å²) in [5.74, 6) is 1.03. The number of hydrogen-bond donors (Lipinski definition) is 0. The van der Waals surface area contributed by atoms with Crippen molar-refractivity contribution >= 4 is 27.6 Å². The van der Waals surface area contributed by atoms with E-state index in [2.05, 4.69) is 21.1 Å². The molecule has 0 bridgehead atoms. The standard InChI is InChI=1S/C12H10BrNO4/c1-7-12(13,11(15)18-14-7)5-8-2-3-9-10(4-8)17-6-16-9/h2-4H,5-6H2,1H3. The molecule has 2 aliphatic rings. The Morgan fingerprint density at radius 1 is 1.39 bits per heavy atom. The van der Waals surface area contributed by atoms with Crippen LogP contribution in [0, 0.1) is 0 Å². The molecule has 0 saturated carbocycles. The van der Waals surface area contributed by atoms with E-state index >= 15 is 0 Å². The van der Waals surface area contributed by atoms with E-state index < -0.39 is 10.3 Å². The topological polar surface area (TPSA) is 57.1 Å². The van der Waals surface area contributed by atoms with Crippen LogP contribution in [0.5, 0.6) is 11.5 Å². The Morgan fingerprint density at radius 3 is 2.89 bits per heavy atom. The number of hydrogen-bond acceptors (Lipinski definition) is 5. The van der Waals surface area contributed by atoms with E-state index in [-0.39, 0.29) is 6.79 Å². The molecule has 0 spiro atoms. The predicted molar refractivity (Wildman–Crippen MR) is 67.1 cm³/mol. The number of benzene rings is 1. The highest BCUT2D eigenvalue weighted by atomic mass is 79.9. The van der Waals surface area contributed by atoms with Crippen LogP contribution >= 0.6 is 15.9 Å². The highest BCUT2D eigenvalue weighted by Crippen LogP contribution is 2.36. The molecule has 0 amide bonds. The van der Waals surface area contributed by atoms with Gasteiger partial charge in [-0.05, 0) is 24.6 Å². The number of nitrogens with zero attached hydrogens (tertiary/aromatic N) is 1. The normalized spacial score (nSPS) is 25.0. The molecule has 0 saturated heterocycles. The molecule has 0 N–H and O–H groups in total. The fourth-order valence-corrected chi connectivity index (χ4v) is 2.40. The van der Waals surface area contributed by atoms with Gasteiger partial charge in [0.05, 0.1) is 5.71 Å². The van der Waals surface area contributed by atoms with Crippen LogP contribution in [0.4, 0.5) is 0 Å². The summed E-state index contributed by atoms with van der Waals surface area (Å²) in [7, 11) is 0. The molecular weight excluding hydrogens is 302 g/mol. The second kappa shape index (κ2) is 3.98. The first-order valence-corrected chi connectivity index (χ1v) is 6.23. The van der Waals surface area contributed by atoms with Gasteiger partial charge in [-0.15, -0.1) is 0 Å². The molecule has 0 radical (unpaired) electrons. The van der Waals surface area contributed by atoms with E-state index in [9.17, 15) is 4.79 Å². The average molecular weight is 312 g/mol. The van der Waals surface area contributed by atoms with Gasteiger partial charge in [-0.2, -0.15) is 0 Å². The van der Waals surface area contributed by atoms with Gasteiger partial charge in [-0.3, -0.25) is 0 Å². The van der Waals surface area contributed by atoms with E-state index in [1.807, 2.05) is 18.2 Å². The van der Waals surface area contributed by atoms with E-state index in [0.29, 0.717) is 17.9 Å². The number of alkyl halides is 1. The van der Waals surface area contributed by atoms with Crippen LogP contribution in [0.1, 0.15) is 12.5 Å². The molecule has 3 rings (SSSR count). The van der Waals surface area contributed by atoms with E-state index in [1.165, 1.54) is 0 Å². The minimum atomic E-state index is -0.874. The van der Waals surface area contributed by atoms with Gasteiger partial charge >= 0.3 is 5.97 Å². The van der Waals surface area contributed by atoms with Crippen molar-refractivity contribution in [3.8, 4) is 11.5 Å². The molecule has 1 unspecified atom stereocenters. The van der Waals surface area contributed by atoms with Crippen LogP contribution in [0.25, 0.3) is 0 Å². The first kappa shape index (κ1) is 11.5. The summed E-state index contributed by atoms with van der Waals surface area (Å²) in [6, 6.07) is 5.60. The smallest absolute Gasteiger partial charge is 0.357 e. The third kappa shape index (κ3) is 1.68. The summed E-state index contributed by atoms with van der Waals surface area (Å²) in [5, 5.41) is 3.70. The molecule has 1 atom stereocenters. The third-order valence-electron chi connectivity index (χ3n) is 3.05. The lowest BCUT2D eigenvalue weighted by atomic mass is 9.95. The van der Waals surface area contributed by atoms with Gasteiger partial charge in [-0.1, -0.05) is 27.2 Å². The maximum absolute atomic E-state index is 11.7. The summed E-state index contributed by atoms with van der Waals surface area (Å²) in [4.78, 5) is 16.4. The van der Waals surface area contributed by atoms with Gasteiger partial charge in [0, 0.05) is 6.42 Å². The highest BCUT2D eigenvalue weighted by Gasteiger charge is 2.45. The van der Waals surface area contributed by atoms with Crippen molar-refractivity contribution in [3.05, 3.63) is 23.8 Å². The highest BCUT2D eigenvalue weighted by molar-refractivity contribution is 9.10. The van der Waals surface area contributed by atoms with Crippen LogP contribution in [0.3, 0.4) is 0 Å². The predicted octanol–water partition coefficient (Wildman–Crippen LogP) is 2.02. The van der Waals surface area contributed by atoms with Gasteiger partial charge in [0.25, 0.3) is 0 Å². The quantitative estimate of drug-likeness (QED) is 0.619. The van der Waals surface area contributed by atoms with Crippen LogP contribution in [-0.2, 0) is 16.1 Å². The minimum Gasteiger partial charge on any atom is -0.454 e. The molecule has 0 fully saturated rings. The summed E-state index contributed by atoms with van der Waals surface area (Å²) in [6.45, 7) is 1.99. The Kier molecular flexibility index (Phi) is 2.55. The molecule has 5 nitrogen and oxygen atoms in total. The van der Waals surface area contributed by atoms with Crippen molar-refractivity contribution in [2.45, 2.75) is 17.7 Å². The summed E-state index contributed by atoms with van der Waals surface area (Å²) >= 11 is 3.42. The van der Waals surface area contributed by atoms with Crippen molar-refractivity contribution in [1.29, 1.82) is 0 Å². The number of oxime groups is 1. The van der Waals surface area contributed by atoms with Gasteiger partial charge < -0.3 is 14.3 Å². The monoisotopic (exact) mass is 311 g/mol. The zero-order valence-electron chi connectivity index (χ0n) is 9.60. The number of ether oxygens (including phenoxy) is 2. The first-order chi connectivity index (χ1) is 8.59. The Morgan fingerprint density at radius 2 is 2.17 bits per heavy atom. The number of fused-ring (bicyclic) bond motifs is 1. The van der Waals surface area contributed by atoms with Crippen LogP contribution in [0.2, 0.25) is 0 Å². The minimum absolute atomic E-state index is 0.237. The number of carbonyl (C=O) groups excluding carboxylic acids is 1. The lowest BCUT2D eigenvalue weighted by molar-refractivity contribution is -0.141. The molecule has 1 aromatic rings. The molecule has 0 aliphatic carbocycles. The van der Waals surface area contributed by atoms with Gasteiger partial charge in [0.1, 0.15) is 0 Å². The Hall–Kier alpha value is -1.56. The Bertz CT molecular complexity index is 557. The molecule has 94 valence electrons. The largest absolute Gasteiger partial charge is 0.454 e. The maximum Gasteiger partial charge on any atom is 0.357 e.